The van der Waals surface area contributed by atoms with E-state index in [0.29, 0.717) is 17.1 Å². The van der Waals surface area contributed by atoms with Gasteiger partial charge in [0, 0.05) is 12.1 Å². The molecule has 0 amide bonds. The van der Waals surface area contributed by atoms with Crippen LogP contribution in [0.1, 0.15) is 5.56 Å². The largest absolute Gasteiger partial charge is 0.507 e. The number of hydroxylamine groups is 1. The van der Waals surface area contributed by atoms with Gasteiger partial charge in [-0.05, 0) is 0 Å². The lowest BCUT2D eigenvalue weighted by molar-refractivity contribution is 0.232. The van der Waals surface area contributed by atoms with Crippen LogP contribution in [0.3, 0.4) is 0 Å². The van der Waals surface area contributed by atoms with E-state index >= 15 is 0 Å². The van der Waals surface area contributed by atoms with Crippen molar-refractivity contribution >= 4 is 12.2 Å². The predicted molar refractivity (Wildman–Crippen MR) is 65.3 cm³/mol. The van der Waals surface area contributed by atoms with Gasteiger partial charge in [0.05, 0.1) is 26.0 Å². The van der Waals surface area contributed by atoms with Crippen LogP contribution in [-0.4, -0.2) is 36.7 Å². The summed E-state index contributed by atoms with van der Waals surface area (Å²) in [7, 11) is 2.92. The number of ether oxygens (including phenoxy) is 2. The maximum atomic E-state index is 9.76. The molecule has 0 saturated carbocycles. The average Bonchev–Trinajstić information content (AvgIpc) is 2.39. The quantitative estimate of drug-likeness (QED) is 0.342. The van der Waals surface area contributed by atoms with Gasteiger partial charge < -0.3 is 20.3 Å². The van der Waals surface area contributed by atoms with E-state index in [1.807, 2.05) is 0 Å². The van der Waals surface area contributed by atoms with Crippen LogP contribution in [0.4, 0.5) is 0 Å². The van der Waals surface area contributed by atoms with E-state index < -0.39 is 0 Å². The average molecular weight is 254 g/mol. The SMILES string of the molecule is COc1cc(O)c(C=N/N=C(\N)NO)c(OC)c1. The van der Waals surface area contributed by atoms with Crippen LogP contribution in [0.15, 0.2) is 22.3 Å². The van der Waals surface area contributed by atoms with Crippen LogP contribution in [0, 0.1) is 0 Å². The maximum Gasteiger partial charge on any atom is 0.237 e. The first-order valence-corrected chi connectivity index (χ1v) is 4.84. The number of phenols is 1. The fourth-order valence-electron chi connectivity index (χ4n) is 1.18. The minimum atomic E-state index is -0.279. The number of hydrogen-bond acceptors (Lipinski definition) is 6. The van der Waals surface area contributed by atoms with Crippen molar-refractivity contribution in [3.05, 3.63) is 17.7 Å². The van der Waals surface area contributed by atoms with Gasteiger partial charge >= 0.3 is 0 Å². The Bertz CT molecular complexity index is 473. The highest BCUT2D eigenvalue weighted by atomic mass is 16.5. The number of hydrogen-bond donors (Lipinski definition) is 4. The lowest BCUT2D eigenvalue weighted by Crippen LogP contribution is -2.27. The van der Waals surface area contributed by atoms with E-state index in [0.717, 1.165) is 0 Å². The van der Waals surface area contributed by atoms with Crippen molar-refractivity contribution in [2.75, 3.05) is 14.2 Å². The summed E-state index contributed by atoms with van der Waals surface area (Å²) in [5, 5.41) is 25.1. The minimum Gasteiger partial charge on any atom is -0.507 e. The van der Waals surface area contributed by atoms with Gasteiger partial charge in [-0.1, -0.05) is 0 Å². The Morgan fingerprint density at radius 1 is 1.39 bits per heavy atom. The number of phenolic OH excluding ortho intramolecular Hbond substituents is 1. The number of methoxy groups -OCH3 is 2. The zero-order valence-corrected chi connectivity index (χ0v) is 9.91. The van der Waals surface area contributed by atoms with Crippen molar-refractivity contribution in [3.8, 4) is 17.2 Å². The molecule has 0 heterocycles. The minimum absolute atomic E-state index is 0.0827. The summed E-state index contributed by atoms with van der Waals surface area (Å²) in [5.74, 6) is 0.446. The van der Waals surface area contributed by atoms with Gasteiger partial charge in [-0.3, -0.25) is 5.21 Å². The van der Waals surface area contributed by atoms with Crippen LogP contribution in [-0.2, 0) is 0 Å². The summed E-state index contributed by atoms with van der Waals surface area (Å²) in [6.07, 6.45) is 1.23. The molecule has 0 aliphatic rings. The fourth-order valence-corrected chi connectivity index (χ4v) is 1.18. The molecule has 8 heteroatoms. The zero-order valence-electron chi connectivity index (χ0n) is 9.91. The molecule has 0 unspecified atom stereocenters. The Balaban J connectivity index is 3.08. The molecule has 1 aromatic carbocycles. The van der Waals surface area contributed by atoms with Crippen LogP contribution in [0.5, 0.6) is 17.2 Å². The highest BCUT2D eigenvalue weighted by Gasteiger charge is 2.09. The monoisotopic (exact) mass is 254 g/mol. The zero-order chi connectivity index (χ0) is 13.5. The van der Waals surface area contributed by atoms with Gasteiger partial charge in [-0.25, -0.2) is 5.48 Å². The first-order chi connectivity index (χ1) is 8.62. The molecule has 5 N–H and O–H groups in total. The second kappa shape index (κ2) is 6.30. The van der Waals surface area contributed by atoms with Gasteiger partial charge in [-0.15, -0.1) is 5.10 Å². The van der Waals surface area contributed by atoms with Crippen molar-refractivity contribution in [1.29, 1.82) is 0 Å². The van der Waals surface area contributed by atoms with E-state index in [2.05, 4.69) is 10.2 Å². The standard InChI is InChI=1S/C10H14N4O4/c1-17-6-3-8(15)7(9(4-6)18-2)5-12-13-10(11)14-16/h3-5,15-16H,1-2H3,(H3,11,13,14). The highest BCUT2D eigenvalue weighted by molar-refractivity contribution is 5.88. The molecule has 1 rings (SSSR count). The second-order valence-corrected chi connectivity index (χ2v) is 3.10. The number of nitrogens with two attached hydrogens (primary N) is 1. The molecule has 8 nitrogen and oxygen atoms in total. The highest BCUT2D eigenvalue weighted by Crippen LogP contribution is 2.31. The van der Waals surface area contributed by atoms with E-state index in [4.69, 9.17) is 20.4 Å². The smallest absolute Gasteiger partial charge is 0.237 e. The third kappa shape index (κ3) is 3.25. The molecule has 0 aliphatic carbocycles. The molecule has 0 aliphatic heterocycles. The molecule has 0 fully saturated rings. The third-order valence-electron chi connectivity index (χ3n) is 2.02. The Hall–Kier alpha value is -2.48. The molecular weight excluding hydrogens is 240 g/mol. The molecule has 0 atom stereocenters. The molecular formula is C10H14N4O4. The Morgan fingerprint density at radius 3 is 2.67 bits per heavy atom. The summed E-state index contributed by atoms with van der Waals surface area (Å²) in [5.41, 5.74) is 7.08. The van der Waals surface area contributed by atoms with Crippen molar-refractivity contribution in [2.45, 2.75) is 0 Å². The molecule has 0 bridgehead atoms. The summed E-state index contributed by atoms with van der Waals surface area (Å²) >= 11 is 0. The lowest BCUT2D eigenvalue weighted by Gasteiger charge is -2.08. The number of nitrogens with one attached hydrogen (secondary N) is 1. The second-order valence-electron chi connectivity index (χ2n) is 3.10. The number of rotatable bonds is 4. The van der Waals surface area contributed by atoms with E-state index in [1.54, 1.807) is 11.5 Å². The van der Waals surface area contributed by atoms with Crippen LogP contribution in [0.2, 0.25) is 0 Å². The Morgan fingerprint density at radius 2 is 2.11 bits per heavy atom. The van der Waals surface area contributed by atoms with Gasteiger partial charge in [0.2, 0.25) is 5.96 Å². The van der Waals surface area contributed by atoms with Crippen molar-refractivity contribution < 1.29 is 19.8 Å². The molecule has 18 heavy (non-hydrogen) atoms. The molecule has 1 aromatic rings. The number of guanidine groups is 1. The summed E-state index contributed by atoms with van der Waals surface area (Å²) in [6.45, 7) is 0. The molecule has 0 spiro atoms. The molecule has 0 saturated heterocycles. The van der Waals surface area contributed by atoms with Gasteiger partial charge in [0.1, 0.15) is 17.2 Å². The van der Waals surface area contributed by atoms with E-state index in [9.17, 15) is 5.11 Å². The summed E-state index contributed by atoms with van der Waals surface area (Å²) < 4.78 is 10.1. The fraction of sp³-hybridized carbons (Fsp3) is 0.200. The molecule has 0 aromatic heterocycles. The lowest BCUT2D eigenvalue weighted by atomic mass is 10.2. The topological polar surface area (TPSA) is 122 Å². The first kappa shape index (κ1) is 13.6. The first-order valence-electron chi connectivity index (χ1n) is 4.84. The molecule has 98 valence electrons. The summed E-state index contributed by atoms with van der Waals surface area (Å²) in [4.78, 5) is 0. The molecule has 0 radical (unpaired) electrons. The van der Waals surface area contributed by atoms with Gasteiger partial charge in [0.15, 0.2) is 0 Å². The van der Waals surface area contributed by atoms with E-state index in [1.165, 1.54) is 26.5 Å². The maximum absolute atomic E-state index is 9.76. The van der Waals surface area contributed by atoms with Crippen LogP contribution >= 0.6 is 0 Å². The Labute approximate surface area is 103 Å². The number of nitrogens with zero attached hydrogens (tertiary/aromatic N) is 2. The van der Waals surface area contributed by atoms with Crippen molar-refractivity contribution in [2.24, 2.45) is 15.9 Å². The van der Waals surface area contributed by atoms with Crippen molar-refractivity contribution in [1.82, 2.24) is 5.48 Å². The van der Waals surface area contributed by atoms with Gasteiger partial charge in [0.25, 0.3) is 0 Å². The van der Waals surface area contributed by atoms with Crippen molar-refractivity contribution in [3.63, 3.8) is 0 Å². The van der Waals surface area contributed by atoms with Crippen LogP contribution in [0.25, 0.3) is 0 Å². The number of aromatic hydroxyl groups is 1. The number of benzene rings is 1. The predicted octanol–water partition coefficient (Wildman–Crippen LogP) is 0.0368. The van der Waals surface area contributed by atoms with Crippen LogP contribution < -0.4 is 20.7 Å². The Kier molecular flexibility index (Phi) is 4.76. The third-order valence-corrected chi connectivity index (χ3v) is 2.02. The van der Waals surface area contributed by atoms with Gasteiger partial charge in [-0.2, -0.15) is 5.10 Å². The normalized spacial score (nSPS) is 11.6. The van der Waals surface area contributed by atoms with E-state index in [-0.39, 0.29) is 11.7 Å². The summed E-state index contributed by atoms with van der Waals surface area (Å²) in [6, 6.07) is 2.99.